The third-order valence-electron chi connectivity index (χ3n) is 4.70. The Morgan fingerprint density at radius 3 is 2.64 bits per heavy atom. The number of hydrogen-bond acceptors (Lipinski definition) is 3. The predicted octanol–water partition coefficient (Wildman–Crippen LogP) is 2.95. The highest BCUT2D eigenvalue weighted by Gasteiger charge is 2.46. The van der Waals surface area contributed by atoms with Crippen LogP contribution in [-0.4, -0.2) is 43.6 Å². The Morgan fingerprint density at radius 2 is 2.09 bits per heavy atom. The summed E-state index contributed by atoms with van der Waals surface area (Å²) < 4.78 is 5.78. The summed E-state index contributed by atoms with van der Waals surface area (Å²) in [6, 6.07) is 8.60. The molecule has 2 fully saturated rings. The molecule has 1 amide bonds. The molecule has 0 N–H and O–H groups in total. The fourth-order valence-electron chi connectivity index (χ4n) is 3.17. The summed E-state index contributed by atoms with van der Waals surface area (Å²) in [4.78, 5) is 15.5. The third kappa shape index (κ3) is 3.93. The number of likely N-dealkylation sites (tertiary alicyclic amines) is 1. The molecule has 1 saturated heterocycles. The van der Waals surface area contributed by atoms with Gasteiger partial charge in [0, 0.05) is 32.2 Å². The zero-order valence-electron chi connectivity index (χ0n) is 13.3. The zero-order valence-corrected chi connectivity index (χ0v) is 14.1. The lowest BCUT2D eigenvalue weighted by molar-refractivity contribution is -0.116. The molecule has 0 bridgehead atoms. The number of carbonyl (C=O) groups excluding carboxylic acids is 1. The van der Waals surface area contributed by atoms with Crippen molar-refractivity contribution >= 4 is 24.0 Å². The van der Waals surface area contributed by atoms with E-state index < -0.39 is 0 Å². The number of ether oxygens (including phenoxy) is 1. The quantitative estimate of drug-likeness (QED) is 0.754. The van der Waals surface area contributed by atoms with Gasteiger partial charge in [-0.3, -0.25) is 9.69 Å². The van der Waals surface area contributed by atoms with Gasteiger partial charge in [-0.05, 0) is 56.0 Å². The van der Waals surface area contributed by atoms with Crippen molar-refractivity contribution in [2.24, 2.45) is 5.92 Å². The maximum atomic E-state index is 11.3. The number of nitrogens with zero attached hydrogens (tertiary/aromatic N) is 2. The van der Waals surface area contributed by atoms with Gasteiger partial charge in [0.25, 0.3) is 0 Å². The molecule has 0 aromatic heterocycles. The smallest absolute Gasteiger partial charge is 0.223 e. The molecule has 1 heterocycles. The average molecular weight is 325 g/mol. The zero-order chi connectivity index (χ0) is 14.8. The number of benzene rings is 1. The summed E-state index contributed by atoms with van der Waals surface area (Å²) in [6.45, 7) is 4.76. The summed E-state index contributed by atoms with van der Waals surface area (Å²) in [5, 5.41) is 0. The van der Waals surface area contributed by atoms with Crippen LogP contribution in [0.5, 0.6) is 5.75 Å². The molecule has 1 saturated carbocycles. The number of anilines is 1. The molecule has 0 radical (unpaired) electrons. The van der Waals surface area contributed by atoms with Crippen LogP contribution >= 0.6 is 12.4 Å². The molecule has 5 heteroatoms. The second-order valence-corrected chi connectivity index (χ2v) is 6.16. The Balaban J connectivity index is 0.00000176. The monoisotopic (exact) mass is 324 g/mol. The maximum absolute atomic E-state index is 11.3. The summed E-state index contributed by atoms with van der Waals surface area (Å²) in [5.74, 6) is 1.92. The van der Waals surface area contributed by atoms with Crippen molar-refractivity contribution in [1.29, 1.82) is 0 Å². The normalized spacial score (nSPS) is 22.6. The summed E-state index contributed by atoms with van der Waals surface area (Å²) >= 11 is 0. The topological polar surface area (TPSA) is 32.8 Å². The van der Waals surface area contributed by atoms with Crippen molar-refractivity contribution in [2.45, 2.75) is 32.2 Å². The lowest BCUT2D eigenvalue weighted by Gasteiger charge is -2.18. The first kappa shape index (κ1) is 17.1. The largest absolute Gasteiger partial charge is 0.494 e. The Bertz CT molecular complexity index is 506. The molecule has 1 aromatic rings. The van der Waals surface area contributed by atoms with Crippen molar-refractivity contribution in [2.75, 3.05) is 31.6 Å². The summed E-state index contributed by atoms with van der Waals surface area (Å²) in [6.07, 6.45) is 3.90. The van der Waals surface area contributed by atoms with Crippen LogP contribution in [0.15, 0.2) is 24.3 Å². The fraction of sp³-hybridized carbons (Fsp3) is 0.588. The molecule has 3 rings (SSSR count). The molecule has 0 spiro atoms. The number of amides is 1. The molecule has 1 aromatic carbocycles. The van der Waals surface area contributed by atoms with E-state index >= 15 is 0 Å². The van der Waals surface area contributed by atoms with E-state index in [9.17, 15) is 4.79 Å². The van der Waals surface area contributed by atoms with Crippen LogP contribution in [0, 0.1) is 5.92 Å². The molecule has 1 aliphatic heterocycles. The van der Waals surface area contributed by atoms with Crippen molar-refractivity contribution in [3.05, 3.63) is 24.3 Å². The van der Waals surface area contributed by atoms with E-state index in [-0.39, 0.29) is 18.3 Å². The lowest BCUT2D eigenvalue weighted by Crippen LogP contribution is -2.25. The SMILES string of the molecule is CC(=O)N(C)c1ccc(OCCCN2CCC3CC32)cc1.Cl. The van der Waals surface area contributed by atoms with Gasteiger partial charge in [0.15, 0.2) is 0 Å². The van der Waals surface area contributed by atoms with Crippen molar-refractivity contribution in [3.63, 3.8) is 0 Å². The van der Waals surface area contributed by atoms with Crippen LogP contribution in [0.3, 0.4) is 0 Å². The highest BCUT2D eigenvalue weighted by molar-refractivity contribution is 5.90. The number of halogens is 1. The van der Waals surface area contributed by atoms with E-state index in [0.29, 0.717) is 0 Å². The molecule has 1 aliphatic carbocycles. The number of rotatable bonds is 6. The number of carbonyl (C=O) groups is 1. The van der Waals surface area contributed by atoms with Gasteiger partial charge >= 0.3 is 0 Å². The van der Waals surface area contributed by atoms with E-state index in [1.54, 1.807) is 18.9 Å². The first-order chi connectivity index (χ1) is 10.1. The lowest BCUT2D eigenvalue weighted by atomic mass is 10.3. The maximum Gasteiger partial charge on any atom is 0.223 e. The second-order valence-electron chi connectivity index (χ2n) is 6.16. The van der Waals surface area contributed by atoms with Crippen LogP contribution in [0.2, 0.25) is 0 Å². The van der Waals surface area contributed by atoms with Gasteiger partial charge in [-0.1, -0.05) is 0 Å². The number of fused-ring (bicyclic) bond motifs is 1. The molecule has 4 nitrogen and oxygen atoms in total. The molecule has 22 heavy (non-hydrogen) atoms. The minimum absolute atomic E-state index is 0. The molecule has 2 aliphatic rings. The Kier molecular flexibility index (Phi) is 5.70. The fourth-order valence-corrected chi connectivity index (χ4v) is 3.17. The third-order valence-corrected chi connectivity index (χ3v) is 4.70. The standard InChI is InChI=1S/C17H24N2O2.ClH/c1-13(20)18(2)15-4-6-16(7-5-15)21-11-3-9-19-10-8-14-12-17(14)19;/h4-7,14,17H,3,8-12H2,1-2H3;1H. The first-order valence-corrected chi connectivity index (χ1v) is 7.86. The number of piperidine rings is 1. The molecule has 2 unspecified atom stereocenters. The average Bonchev–Trinajstić information content (AvgIpc) is 3.17. The van der Waals surface area contributed by atoms with Gasteiger partial charge in [-0.2, -0.15) is 0 Å². The van der Waals surface area contributed by atoms with Crippen LogP contribution in [-0.2, 0) is 4.79 Å². The van der Waals surface area contributed by atoms with E-state index in [1.165, 1.54) is 19.4 Å². The van der Waals surface area contributed by atoms with Crippen molar-refractivity contribution in [1.82, 2.24) is 4.90 Å². The minimum Gasteiger partial charge on any atom is -0.494 e. The van der Waals surface area contributed by atoms with Crippen LogP contribution in [0.25, 0.3) is 0 Å². The Hall–Kier alpha value is -1.26. The van der Waals surface area contributed by atoms with Gasteiger partial charge < -0.3 is 9.64 Å². The van der Waals surface area contributed by atoms with Gasteiger partial charge in [-0.15, -0.1) is 12.4 Å². The van der Waals surface area contributed by atoms with E-state index in [0.717, 1.165) is 43.0 Å². The second kappa shape index (κ2) is 7.34. The molecular weight excluding hydrogens is 300 g/mol. The summed E-state index contributed by atoms with van der Waals surface area (Å²) in [7, 11) is 1.78. The van der Waals surface area contributed by atoms with Gasteiger partial charge in [-0.25, -0.2) is 0 Å². The van der Waals surface area contributed by atoms with Crippen LogP contribution < -0.4 is 9.64 Å². The van der Waals surface area contributed by atoms with Gasteiger partial charge in [0.05, 0.1) is 6.61 Å². The Morgan fingerprint density at radius 1 is 1.36 bits per heavy atom. The Labute approximate surface area is 138 Å². The van der Waals surface area contributed by atoms with Gasteiger partial charge in [0.2, 0.25) is 5.91 Å². The minimum atomic E-state index is 0. The van der Waals surface area contributed by atoms with Crippen LogP contribution in [0.4, 0.5) is 5.69 Å². The molecule has 122 valence electrons. The molecule has 2 atom stereocenters. The van der Waals surface area contributed by atoms with E-state index in [4.69, 9.17) is 4.74 Å². The van der Waals surface area contributed by atoms with Crippen molar-refractivity contribution < 1.29 is 9.53 Å². The number of hydrogen-bond donors (Lipinski definition) is 0. The predicted molar refractivity (Wildman–Crippen MR) is 91.0 cm³/mol. The van der Waals surface area contributed by atoms with E-state index in [1.807, 2.05) is 24.3 Å². The van der Waals surface area contributed by atoms with Crippen LogP contribution in [0.1, 0.15) is 26.2 Å². The first-order valence-electron chi connectivity index (χ1n) is 7.86. The van der Waals surface area contributed by atoms with E-state index in [2.05, 4.69) is 4.90 Å². The highest BCUT2D eigenvalue weighted by Crippen LogP contribution is 2.44. The van der Waals surface area contributed by atoms with Gasteiger partial charge in [0.1, 0.15) is 5.75 Å². The molecular formula is C17H25ClN2O2. The highest BCUT2D eigenvalue weighted by atomic mass is 35.5. The van der Waals surface area contributed by atoms with Crippen molar-refractivity contribution in [3.8, 4) is 5.75 Å². The summed E-state index contributed by atoms with van der Waals surface area (Å²) in [5.41, 5.74) is 0.895.